The summed E-state index contributed by atoms with van der Waals surface area (Å²) in [5, 5.41) is 6.97. The predicted molar refractivity (Wildman–Crippen MR) is 116 cm³/mol. The van der Waals surface area contributed by atoms with Gasteiger partial charge in [0, 0.05) is 19.0 Å². The number of carbonyl (C=O) groups excluding carboxylic acids is 2. The molecule has 1 heterocycles. The van der Waals surface area contributed by atoms with Crippen molar-refractivity contribution in [3.63, 3.8) is 0 Å². The van der Waals surface area contributed by atoms with Crippen molar-refractivity contribution in [1.82, 2.24) is 4.90 Å². The minimum Gasteiger partial charge on any atom is -0.465 e. The number of thiophene rings is 1. The van der Waals surface area contributed by atoms with Crippen LogP contribution < -0.4 is 10.6 Å². The summed E-state index contributed by atoms with van der Waals surface area (Å²) in [5.41, 5.74) is 1.75. The Bertz CT molecular complexity index is 878. The van der Waals surface area contributed by atoms with Gasteiger partial charge in [-0.15, -0.1) is 23.1 Å². The largest absolute Gasteiger partial charge is 0.465 e. The van der Waals surface area contributed by atoms with Crippen LogP contribution in [0.15, 0.2) is 29.2 Å². The minimum atomic E-state index is -0.517. The van der Waals surface area contributed by atoms with Gasteiger partial charge in [0.2, 0.25) is 0 Å². The van der Waals surface area contributed by atoms with Crippen molar-refractivity contribution in [3.05, 3.63) is 40.3 Å². The summed E-state index contributed by atoms with van der Waals surface area (Å²) in [5.74, 6) is -0.696. The first-order valence-electron chi connectivity index (χ1n) is 7.94. The van der Waals surface area contributed by atoms with Crippen LogP contribution in [-0.4, -0.2) is 49.3 Å². The number of nitrogens with zero attached hydrogens (tertiary/aromatic N) is 1. The average molecular weight is 424 g/mol. The van der Waals surface area contributed by atoms with E-state index in [1.807, 2.05) is 30.5 Å². The molecule has 2 aromatic rings. The highest BCUT2D eigenvalue weighted by atomic mass is 32.2. The Hall–Kier alpha value is -2.10. The van der Waals surface area contributed by atoms with E-state index < -0.39 is 5.97 Å². The Morgan fingerprint density at radius 2 is 1.89 bits per heavy atom. The van der Waals surface area contributed by atoms with E-state index in [0.29, 0.717) is 26.1 Å². The van der Waals surface area contributed by atoms with Crippen molar-refractivity contribution in [2.45, 2.75) is 11.8 Å². The van der Waals surface area contributed by atoms with Crippen molar-refractivity contribution < 1.29 is 14.3 Å². The van der Waals surface area contributed by atoms with Crippen LogP contribution in [0.1, 0.15) is 25.6 Å². The topological polar surface area (TPSA) is 70.7 Å². The number of methoxy groups -OCH3 is 1. The van der Waals surface area contributed by atoms with Crippen molar-refractivity contribution in [2.75, 3.05) is 38.1 Å². The van der Waals surface area contributed by atoms with E-state index in [1.165, 1.54) is 23.3 Å². The Labute approximate surface area is 172 Å². The summed E-state index contributed by atoms with van der Waals surface area (Å²) in [6.07, 6.45) is 1.98. The molecule has 27 heavy (non-hydrogen) atoms. The first-order valence-corrected chi connectivity index (χ1v) is 10.4. The number of ether oxygens (including phenoxy) is 1. The second-order valence-electron chi connectivity index (χ2n) is 5.73. The Kier molecular flexibility index (Phi) is 7.23. The molecule has 2 N–H and O–H groups in total. The van der Waals surface area contributed by atoms with Gasteiger partial charge in [-0.1, -0.05) is 12.1 Å². The fourth-order valence-corrected chi connectivity index (χ4v) is 4.41. The summed E-state index contributed by atoms with van der Waals surface area (Å²) >= 11 is 8.18. The fourth-order valence-electron chi connectivity index (χ4n) is 2.36. The normalized spacial score (nSPS) is 10.3. The maximum Gasteiger partial charge on any atom is 0.341 e. The second-order valence-corrected chi connectivity index (χ2v) is 8.01. The van der Waals surface area contributed by atoms with Crippen molar-refractivity contribution in [1.29, 1.82) is 0 Å². The van der Waals surface area contributed by atoms with Crippen molar-refractivity contribution in [2.24, 2.45) is 0 Å². The van der Waals surface area contributed by atoms with Crippen LogP contribution in [0.4, 0.5) is 10.7 Å². The molecule has 144 valence electrons. The number of benzene rings is 1. The molecule has 0 bridgehead atoms. The van der Waals surface area contributed by atoms with E-state index in [9.17, 15) is 9.59 Å². The van der Waals surface area contributed by atoms with Crippen LogP contribution in [0, 0.1) is 6.92 Å². The van der Waals surface area contributed by atoms with E-state index in [-0.39, 0.29) is 5.91 Å². The highest BCUT2D eigenvalue weighted by molar-refractivity contribution is 7.98. The summed E-state index contributed by atoms with van der Waals surface area (Å²) in [4.78, 5) is 27.6. The Morgan fingerprint density at radius 1 is 1.22 bits per heavy atom. The van der Waals surface area contributed by atoms with Gasteiger partial charge in [0.15, 0.2) is 5.11 Å². The van der Waals surface area contributed by atoms with Crippen molar-refractivity contribution in [3.8, 4) is 0 Å². The molecule has 0 radical (unpaired) electrons. The van der Waals surface area contributed by atoms with E-state index in [4.69, 9.17) is 17.0 Å². The number of anilines is 2. The van der Waals surface area contributed by atoms with Gasteiger partial charge in [0.25, 0.3) is 5.91 Å². The number of amides is 1. The lowest BCUT2D eigenvalue weighted by molar-refractivity contribution is 0.0601. The molecule has 0 atom stereocenters. The van der Waals surface area contributed by atoms with Gasteiger partial charge >= 0.3 is 5.97 Å². The zero-order chi connectivity index (χ0) is 20.1. The average Bonchev–Trinajstić information content (AvgIpc) is 2.96. The van der Waals surface area contributed by atoms with E-state index in [2.05, 4.69) is 10.6 Å². The number of thiocarbonyl (C=S) groups is 1. The summed E-state index contributed by atoms with van der Waals surface area (Å²) in [6.45, 7) is 1.73. The van der Waals surface area contributed by atoms with Crippen LogP contribution in [0.3, 0.4) is 0 Å². The molecule has 0 saturated carbocycles. The number of thioether (sulfide) groups is 1. The van der Waals surface area contributed by atoms with Crippen LogP contribution in [-0.2, 0) is 4.74 Å². The summed E-state index contributed by atoms with van der Waals surface area (Å²) < 4.78 is 4.88. The van der Waals surface area contributed by atoms with Crippen LogP contribution in [0.5, 0.6) is 0 Å². The van der Waals surface area contributed by atoms with Crippen LogP contribution in [0.2, 0.25) is 0 Å². The lowest BCUT2D eigenvalue weighted by atomic mass is 10.1. The standard InChI is InChI=1S/C18H21N3O3S3/c1-10-13(17(23)24-4)15(27-14(10)16(22)21(2)3)20-18(25)19-11-8-6-7-9-12(11)26-5/h6-9H,1-5H3,(H2,19,20,25). The Balaban J connectivity index is 2.34. The third kappa shape index (κ3) is 4.79. The number of esters is 1. The molecule has 1 aromatic heterocycles. The zero-order valence-corrected chi connectivity index (χ0v) is 18.2. The number of hydrogen-bond acceptors (Lipinski definition) is 6. The van der Waals surface area contributed by atoms with Gasteiger partial charge in [-0.25, -0.2) is 4.79 Å². The molecule has 0 spiro atoms. The lowest BCUT2D eigenvalue weighted by Crippen LogP contribution is -2.21. The summed E-state index contributed by atoms with van der Waals surface area (Å²) in [6, 6.07) is 7.76. The molecule has 0 saturated heterocycles. The number of para-hydroxylation sites is 1. The first-order chi connectivity index (χ1) is 12.8. The number of nitrogens with one attached hydrogen (secondary N) is 2. The summed E-state index contributed by atoms with van der Waals surface area (Å²) in [7, 11) is 4.64. The molecule has 2 rings (SSSR count). The second kappa shape index (κ2) is 9.20. The number of hydrogen-bond donors (Lipinski definition) is 2. The molecule has 6 nitrogen and oxygen atoms in total. The quantitative estimate of drug-likeness (QED) is 0.427. The molecule has 0 unspecified atom stereocenters. The number of rotatable bonds is 5. The van der Waals surface area contributed by atoms with Gasteiger partial charge in [0.1, 0.15) is 5.00 Å². The molecule has 0 aliphatic carbocycles. The molecule has 0 fully saturated rings. The third-order valence-corrected chi connectivity index (χ3v) is 5.91. The third-order valence-electron chi connectivity index (χ3n) is 3.72. The van der Waals surface area contributed by atoms with E-state index >= 15 is 0 Å². The monoisotopic (exact) mass is 423 g/mol. The molecule has 1 amide bonds. The van der Waals surface area contributed by atoms with Gasteiger partial charge in [-0.3, -0.25) is 4.79 Å². The maximum atomic E-state index is 12.4. The molecular weight excluding hydrogens is 402 g/mol. The maximum absolute atomic E-state index is 12.4. The highest BCUT2D eigenvalue weighted by Gasteiger charge is 2.26. The van der Waals surface area contributed by atoms with Crippen molar-refractivity contribution >= 4 is 63.0 Å². The predicted octanol–water partition coefficient (Wildman–Crippen LogP) is 4.08. The fraction of sp³-hybridized carbons (Fsp3) is 0.278. The smallest absolute Gasteiger partial charge is 0.341 e. The zero-order valence-electron chi connectivity index (χ0n) is 15.7. The van der Waals surface area contributed by atoms with E-state index in [1.54, 1.807) is 32.8 Å². The highest BCUT2D eigenvalue weighted by Crippen LogP contribution is 2.34. The van der Waals surface area contributed by atoms with Gasteiger partial charge in [-0.2, -0.15) is 0 Å². The molecule has 0 aliphatic rings. The lowest BCUT2D eigenvalue weighted by Gasteiger charge is -2.13. The van der Waals surface area contributed by atoms with Crippen LogP contribution >= 0.6 is 35.3 Å². The molecular formula is C18H21N3O3S3. The van der Waals surface area contributed by atoms with Gasteiger partial charge < -0.3 is 20.3 Å². The first kappa shape index (κ1) is 21.2. The Morgan fingerprint density at radius 3 is 2.48 bits per heavy atom. The molecule has 0 aliphatic heterocycles. The van der Waals surface area contributed by atoms with E-state index in [0.717, 1.165) is 10.6 Å². The molecule has 1 aromatic carbocycles. The van der Waals surface area contributed by atoms with Gasteiger partial charge in [-0.05, 0) is 43.1 Å². The van der Waals surface area contributed by atoms with Crippen LogP contribution in [0.25, 0.3) is 0 Å². The number of carbonyl (C=O) groups is 2. The SMILES string of the molecule is COC(=O)c1c(NC(=S)Nc2ccccc2SC)sc(C(=O)N(C)C)c1C. The molecule has 9 heteroatoms. The van der Waals surface area contributed by atoms with Gasteiger partial charge in [0.05, 0.1) is 23.2 Å². The minimum absolute atomic E-state index is 0.178.